The maximum atomic E-state index is 4.09. The molecule has 0 spiro atoms. The molecule has 0 radical (unpaired) electrons. The fourth-order valence-electron chi connectivity index (χ4n) is 2.02. The number of hydrogen-bond donors (Lipinski definition) is 0. The molecule has 1 unspecified atom stereocenters. The minimum absolute atomic E-state index is 0.193. The third-order valence-corrected chi connectivity index (χ3v) is 4.08. The molecule has 0 aliphatic rings. The van der Waals surface area contributed by atoms with Crippen LogP contribution in [0.4, 0.5) is 0 Å². The minimum atomic E-state index is 0.193. The van der Waals surface area contributed by atoms with Crippen LogP contribution in [0.25, 0.3) is 11.0 Å². The Balaban J connectivity index is 2.06. The van der Waals surface area contributed by atoms with E-state index in [4.69, 9.17) is 0 Å². The van der Waals surface area contributed by atoms with Crippen LogP contribution in [-0.2, 0) is 7.05 Å². The van der Waals surface area contributed by atoms with Gasteiger partial charge in [-0.25, -0.2) is 4.68 Å². The van der Waals surface area contributed by atoms with Crippen molar-refractivity contribution in [2.24, 2.45) is 7.05 Å². The largest absolute Gasteiger partial charge is 0.248 e. The molecule has 1 atom stereocenters. The molecule has 0 aliphatic carbocycles. The maximum absolute atomic E-state index is 4.09. The number of nitrogens with zero attached hydrogens (tertiary/aromatic N) is 3. The van der Waals surface area contributed by atoms with Crippen molar-refractivity contribution in [3.05, 3.63) is 59.7 Å². The fraction of sp³-hybridized carbons (Fsp3) is 0.143. The lowest BCUT2D eigenvalue weighted by atomic mass is 10.0. The predicted molar refractivity (Wildman–Crippen MR) is 75.7 cm³/mol. The second-order valence-electron chi connectivity index (χ2n) is 4.23. The van der Waals surface area contributed by atoms with Gasteiger partial charge in [0.25, 0.3) is 0 Å². The Morgan fingerprint density at radius 1 is 1.06 bits per heavy atom. The van der Waals surface area contributed by atoms with Crippen molar-refractivity contribution in [2.45, 2.75) is 4.83 Å². The van der Waals surface area contributed by atoms with Crippen LogP contribution in [-0.4, -0.2) is 15.0 Å². The molecule has 3 rings (SSSR count). The van der Waals surface area contributed by atoms with Gasteiger partial charge in [0, 0.05) is 7.05 Å². The lowest BCUT2D eigenvalue weighted by Crippen LogP contribution is -1.94. The van der Waals surface area contributed by atoms with Gasteiger partial charge in [0.05, 0.1) is 10.3 Å². The monoisotopic (exact) mass is 301 g/mol. The van der Waals surface area contributed by atoms with Gasteiger partial charge in [-0.1, -0.05) is 57.5 Å². The van der Waals surface area contributed by atoms with Gasteiger partial charge in [-0.05, 0) is 23.3 Å². The van der Waals surface area contributed by atoms with E-state index in [0.717, 1.165) is 11.0 Å². The molecule has 3 nitrogen and oxygen atoms in total. The topological polar surface area (TPSA) is 30.7 Å². The van der Waals surface area contributed by atoms with Crippen molar-refractivity contribution >= 4 is 27.0 Å². The van der Waals surface area contributed by atoms with Gasteiger partial charge < -0.3 is 0 Å². The average molecular weight is 302 g/mol. The average Bonchev–Trinajstić information content (AvgIpc) is 2.80. The van der Waals surface area contributed by atoms with Gasteiger partial charge in [-0.3, -0.25) is 0 Å². The highest BCUT2D eigenvalue weighted by molar-refractivity contribution is 9.09. The molecule has 0 fully saturated rings. The fourth-order valence-corrected chi connectivity index (χ4v) is 2.61. The summed E-state index contributed by atoms with van der Waals surface area (Å²) in [5.74, 6) is 0. The van der Waals surface area contributed by atoms with Crippen LogP contribution in [0.2, 0.25) is 0 Å². The van der Waals surface area contributed by atoms with Crippen molar-refractivity contribution in [2.75, 3.05) is 0 Å². The van der Waals surface area contributed by atoms with Gasteiger partial charge in [-0.15, -0.1) is 5.10 Å². The van der Waals surface area contributed by atoms with Gasteiger partial charge in [0.1, 0.15) is 5.52 Å². The summed E-state index contributed by atoms with van der Waals surface area (Å²) in [5, 5.41) is 8.11. The molecular weight excluding hydrogens is 290 g/mol. The molecule has 18 heavy (non-hydrogen) atoms. The number of halogens is 1. The predicted octanol–water partition coefficient (Wildman–Crippen LogP) is 3.45. The molecule has 0 aliphatic heterocycles. The number of aryl methyl sites for hydroxylation is 1. The first-order valence-corrected chi connectivity index (χ1v) is 6.65. The smallest absolute Gasteiger partial charge is 0.113 e. The van der Waals surface area contributed by atoms with Gasteiger partial charge in [-0.2, -0.15) is 0 Å². The second-order valence-corrected chi connectivity index (χ2v) is 5.15. The Hall–Kier alpha value is -1.68. The zero-order valence-electron chi connectivity index (χ0n) is 9.92. The normalized spacial score (nSPS) is 12.8. The summed E-state index contributed by atoms with van der Waals surface area (Å²) in [5.41, 5.74) is 4.42. The zero-order valence-corrected chi connectivity index (χ0v) is 11.5. The summed E-state index contributed by atoms with van der Waals surface area (Å²) in [6, 6.07) is 16.6. The summed E-state index contributed by atoms with van der Waals surface area (Å²) in [6.45, 7) is 0. The Labute approximate surface area is 114 Å². The molecule has 90 valence electrons. The summed E-state index contributed by atoms with van der Waals surface area (Å²) in [6.07, 6.45) is 0. The molecular formula is C14H12BrN3. The van der Waals surface area contributed by atoms with E-state index in [-0.39, 0.29) is 4.83 Å². The van der Waals surface area contributed by atoms with Crippen molar-refractivity contribution in [1.82, 2.24) is 15.0 Å². The van der Waals surface area contributed by atoms with Crippen molar-refractivity contribution in [1.29, 1.82) is 0 Å². The maximum Gasteiger partial charge on any atom is 0.113 e. The molecule has 0 saturated carbocycles. The lowest BCUT2D eigenvalue weighted by Gasteiger charge is -2.10. The van der Waals surface area contributed by atoms with Crippen LogP contribution in [0, 0.1) is 0 Å². The lowest BCUT2D eigenvalue weighted by molar-refractivity contribution is 0.736. The molecule has 2 aromatic carbocycles. The summed E-state index contributed by atoms with van der Waals surface area (Å²) in [7, 11) is 1.91. The van der Waals surface area contributed by atoms with E-state index in [1.807, 2.05) is 31.3 Å². The first-order chi connectivity index (χ1) is 8.75. The van der Waals surface area contributed by atoms with Crippen LogP contribution in [0.3, 0.4) is 0 Å². The van der Waals surface area contributed by atoms with Crippen LogP contribution in [0.15, 0.2) is 48.5 Å². The highest BCUT2D eigenvalue weighted by Gasteiger charge is 2.11. The van der Waals surface area contributed by atoms with E-state index in [0.29, 0.717) is 0 Å². The highest BCUT2D eigenvalue weighted by Crippen LogP contribution is 2.31. The third kappa shape index (κ3) is 1.93. The number of aromatic nitrogens is 3. The molecule has 1 aromatic heterocycles. The van der Waals surface area contributed by atoms with Gasteiger partial charge in [0.2, 0.25) is 0 Å². The second kappa shape index (κ2) is 4.53. The van der Waals surface area contributed by atoms with Crippen molar-refractivity contribution in [3.8, 4) is 0 Å². The molecule has 0 N–H and O–H groups in total. The van der Waals surface area contributed by atoms with Crippen LogP contribution >= 0.6 is 15.9 Å². The van der Waals surface area contributed by atoms with Crippen LogP contribution in [0.1, 0.15) is 16.0 Å². The van der Waals surface area contributed by atoms with E-state index in [9.17, 15) is 0 Å². The number of alkyl halides is 1. The Morgan fingerprint density at radius 3 is 2.61 bits per heavy atom. The molecule has 0 saturated heterocycles. The van der Waals surface area contributed by atoms with E-state index in [2.05, 4.69) is 50.5 Å². The number of hydrogen-bond acceptors (Lipinski definition) is 2. The summed E-state index contributed by atoms with van der Waals surface area (Å²) >= 11 is 3.74. The van der Waals surface area contributed by atoms with E-state index in [1.54, 1.807) is 4.68 Å². The molecule has 1 heterocycles. The van der Waals surface area contributed by atoms with Crippen molar-refractivity contribution in [3.63, 3.8) is 0 Å². The van der Waals surface area contributed by atoms with E-state index in [1.165, 1.54) is 11.1 Å². The van der Waals surface area contributed by atoms with Gasteiger partial charge in [0.15, 0.2) is 0 Å². The molecule has 3 aromatic rings. The quantitative estimate of drug-likeness (QED) is 0.679. The van der Waals surface area contributed by atoms with Crippen molar-refractivity contribution < 1.29 is 0 Å². The number of rotatable bonds is 2. The number of fused-ring (bicyclic) bond motifs is 1. The Morgan fingerprint density at radius 2 is 1.83 bits per heavy atom. The van der Waals surface area contributed by atoms with E-state index < -0.39 is 0 Å². The molecule has 4 heteroatoms. The minimum Gasteiger partial charge on any atom is -0.248 e. The molecule has 0 bridgehead atoms. The third-order valence-electron chi connectivity index (χ3n) is 3.02. The highest BCUT2D eigenvalue weighted by atomic mass is 79.9. The van der Waals surface area contributed by atoms with Crippen LogP contribution in [0.5, 0.6) is 0 Å². The SMILES string of the molecule is Cn1nnc2ccc(C(Br)c3ccccc3)cc21. The van der Waals surface area contributed by atoms with E-state index >= 15 is 0 Å². The standard InChI is InChI=1S/C14H12BrN3/c1-18-13-9-11(7-8-12(13)16-17-18)14(15)10-5-3-2-4-6-10/h2-9,14H,1H3. The first-order valence-electron chi connectivity index (χ1n) is 5.74. The summed E-state index contributed by atoms with van der Waals surface area (Å²) < 4.78 is 1.80. The Kier molecular flexibility index (Phi) is 2.88. The van der Waals surface area contributed by atoms with Gasteiger partial charge >= 0.3 is 0 Å². The van der Waals surface area contributed by atoms with Crippen LogP contribution < -0.4 is 0 Å². The number of benzene rings is 2. The Bertz CT molecular complexity index is 676. The zero-order chi connectivity index (χ0) is 12.5. The summed E-state index contributed by atoms with van der Waals surface area (Å²) in [4.78, 5) is 0.193. The molecule has 0 amide bonds. The first kappa shape index (κ1) is 11.4.